The summed E-state index contributed by atoms with van der Waals surface area (Å²) in [5.41, 5.74) is 3.44. The van der Waals surface area contributed by atoms with Crippen LogP contribution in [0.1, 0.15) is 0 Å². The largest absolute Gasteiger partial charge is 0.464 e. The molecule has 0 unspecified atom stereocenters. The minimum Gasteiger partial charge on any atom is -0.464 e. The van der Waals surface area contributed by atoms with Crippen molar-refractivity contribution in [2.45, 2.75) is 0 Å². The van der Waals surface area contributed by atoms with Gasteiger partial charge < -0.3 is 4.42 Å². The van der Waals surface area contributed by atoms with Crippen LogP contribution in [0, 0.1) is 0 Å². The summed E-state index contributed by atoms with van der Waals surface area (Å²) >= 11 is 0. The molecular formula is C18H12O. The van der Waals surface area contributed by atoms with Crippen molar-refractivity contribution in [3.05, 3.63) is 73.0 Å². The van der Waals surface area contributed by atoms with Gasteiger partial charge in [0, 0.05) is 5.39 Å². The van der Waals surface area contributed by atoms with E-state index in [9.17, 15) is 0 Å². The molecule has 0 saturated carbocycles. The van der Waals surface area contributed by atoms with Crippen molar-refractivity contribution in [2.24, 2.45) is 0 Å². The highest BCUT2D eigenvalue weighted by molar-refractivity contribution is 5.97. The Bertz CT molecular complexity index is 857. The lowest BCUT2D eigenvalue weighted by molar-refractivity contribution is 0.616. The van der Waals surface area contributed by atoms with Gasteiger partial charge in [-0.2, -0.15) is 0 Å². The van der Waals surface area contributed by atoms with E-state index in [0.717, 1.165) is 11.0 Å². The molecule has 0 spiro atoms. The normalized spacial score (nSPS) is 11.2. The van der Waals surface area contributed by atoms with Gasteiger partial charge in [-0.3, -0.25) is 0 Å². The first kappa shape index (κ1) is 10.4. The van der Waals surface area contributed by atoms with E-state index in [1.807, 2.05) is 12.1 Å². The molecule has 0 aliphatic carbocycles. The summed E-state index contributed by atoms with van der Waals surface area (Å²) < 4.78 is 5.44. The Balaban J connectivity index is 1.97. The second-order valence-electron chi connectivity index (χ2n) is 4.74. The maximum Gasteiger partial charge on any atom is 0.134 e. The lowest BCUT2D eigenvalue weighted by Crippen LogP contribution is -1.78. The van der Waals surface area contributed by atoms with Crippen LogP contribution >= 0.6 is 0 Å². The van der Waals surface area contributed by atoms with Gasteiger partial charge >= 0.3 is 0 Å². The van der Waals surface area contributed by atoms with E-state index in [4.69, 9.17) is 4.42 Å². The van der Waals surface area contributed by atoms with Crippen molar-refractivity contribution in [2.75, 3.05) is 0 Å². The van der Waals surface area contributed by atoms with Crippen molar-refractivity contribution < 1.29 is 4.42 Å². The molecule has 19 heavy (non-hydrogen) atoms. The molecule has 1 heterocycles. The fraction of sp³-hybridized carbons (Fsp3) is 0. The van der Waals surface area contributed by atoms with Gasteiger partial charge in [-0.05, 0) is 46.2 Å². The SMILES string of the molecule is c1ccc(-c2ccc3cc4occc4cc3c2)cc1. The van der Waals surface area contributed by atoms with Gasteiger partial charge in [0.05, 0.1) is 6.26 Å². The second kappa shape index (κ2) is 3.99. The lowest BCUT2D eigenvalue weighted by atomic mass is 10.0. The van der Waals surface area contributed by atoms with Crippen molar-refractivity contribution in [1.82, 2.24) is 0 Å². The molecule has 0 aliphatic heterocycles. The average Bonchev–Trinajstić information content (AvgIpc) is 2.92. The molecule has 0 bridgehead atoms. The zero-order chi connectivity index (χ0) is 12.7. The topological polar surface area (TPSA) is 13.1 Å². The van der Waals surface area contributed by atoms with Crippen LogP contribution in [0.4, 0.5) is 0 Å². The van der Waals surface area contributed by atoms with Crippen LogP contribution in [0.3, 0.4) is 0 Å². The number of rotatable bonds is 1. The molecule has 1 nitrogen and oxygen atoms in total. The van der Waals surface area contributed by atoms with E-state index >= 15 is 0 Å². The standard InChI is InChI=1S/C18H12O/c1-2-4-13(5-3-1)14-6-7-15-12-18-16(8-9-19-18)11-17(15)10-14/h1-12H. The molecular weight excluding hydrogens is 232 g/mol. The Morgan fingerprint density at radius 1 is 0.579 bits per heavy atom. The van der Waals surface area contributed by atoms with Gasteiger partial charge in [-0.1, -0.05) is 42.5 Å². The molecule has 1 aromatic heterocycles. The van der Waals surface area contributed by atoms with Crippen LogP contribution in [0.15, 0.2) is 77.4 Å². The fourth-order valence-corrected chi connectivity index (χ4v) is 2.52. The molecule has 0 fully saturated rings. The van der Waals surface area contributed by atoms with E-state index in [-0.39, 0.29) is 0 Å². The van der Waals surface area contributed by atoms with Crippen LogP contribution in [0.5, 0.6) is 0 Å². The number of hydrogen-bond acceptors (Lipinski definition) is 1. The van der Waals surface area contributed by atoms with E-state index in [0.29, 0.717) is 0 Å². The van der Waals surface area contributed by atoms with Gasteiger partial charge in [0.25, 0.3) is 0 Å². The summed E-state index contributed by atoms with van der Waals surface area (Å²) in [7, 11) is 0. The number of furan rings is 1. The van der Waals surface area contributed by atoms with Gasteiger partial charge in [0.2, 0.25) is 0 Å². The second-order valence-corrected chi connectivity index (χ2v) is 4.74. The first-order valence-electron chi connectivity index (χ1n) is 6.37. The minimum absolute atomic E-state index is 0.944. The summed E-state index contributed by atoms with van der Waals surface area (Å²) in [5, 5.41) is 3.61. The highest BCUT2D eigenvalue weighted by atomic mass is 16.3. The lowest BCUT2D eigenvalue weighted by Gasteiger charge is -2.04. The van der Waals surface area contributed by atoms with Crippen LogP contribution < -0.4 is 0 Å². The maximum atomic E-state index is 5.44. The first-order valence-corrected chi connectivity index (χ1v) is 6.37. The summed E-state index contributed by atoms with van der Waals surface area (Å²) in [6.07, 6.45) is 1.74. The highest BCUT2D eigenvalue weighted by Gasteiger charge is 2.02. The number of benzene rings is 3. The zero-order valence-corrected chi connectivity index (χ0v) is 10.3. The average molecular weight is 244 g/mol. The molecule has 0 amide bonds. The van der Waals surface area contributed by atoms with E-state index < -0.39 is 0 Å². The Morgan fingerprint density at radius 3 is 2.37 bits per heavy atom. The Kier molecular flexibility index (Phi) is 2.18. The Labute approximate surface area is 111 Å². The van der Waals surface area contributed by atoms with Crippen LogP contribution in [-0.2, 0) is 0 Å². The van der Waals surface area contributed by atoms with E-state index in [2.05, 4.69) is 54.6 Å². The molecule has 4 aromatic rings. The third kappa shape index (κ3) is 1.71. The fourth-order valence-electron chi connectivity index (χ4n) is 2.52. The quantitative estimate of drug-likeness (QED) is 0.445. The molecule has 90 valence electrons. The summed E-state index contributed by atoms with van der Waals surface area (Å²) in [5.74, 6) is 0. The third-order valence-electron chi connectivity index (χ3n) is 3.52. The molecule has 1 heteroatoms. The first-order chi connectivity index (χ1) is 9.40. The molecule has 0 atom stereocenters. The van der Waals surface area contributed by atoms with Gasteiger partial charge in [-0.25, -0.2) is 0 Å². The van der Waals surface area contributed by atoms with Crippen LogP contribution in [-0.4, -0.2) is 0 Å². The minimum atomic E-state index is 0.944. The van der Waals surface area contributed by atoms with Gasteiger partial charge in [0.15, 0.2) is 0 Å². The predicted molar refractivity (Wildman–Crippen MR) is 79.2 cm³/mol. The Morgan fingerprint density at radius 2 is 1.47 bits per heavy atom. The summed E-state index contributed by atoms with van der Waals surface area (Å²) in [4.78, 5) is 0. The van der Waals surface area contributed by atoms with E-state index in [1.165, 1.54) is 21.9 Å². The van der Waals surface area contributed by atoms with Crippen molar-refractivity contribution in [1.29, 1.82) is 0 Å². The molecule has 3 aromatic carbocycles. The molecule has 4 rings (SSSR count). The maximum absolute atomic E-state index is 5.44. The van der Waals surface area contributed by atoms with Crippen LogP contribution in [0.2, 0.25) is 0 Å². The number of hydrogen-bond donors (Lipinski definition) is 0. The molecule has 0 radical (unpaired) electrons. The predicted octanol–water partition coefficient (Wildman–Crippen LogP) is 5.25. The van der Waals surface area contributed by atoms with Gasteiger partial charge in [0.1, 0.15) is 5.58 Å². The van der Waals surface area contributed by atoms with Gasteiger partial charge in [-0.15, -0.1) is 0 Å². The third-order valence-corrected chi connectivity index (χ3v) is 3.52. The van der Waals surface area contributed by atoms with E-state index in [1.54, 1.807) is 6.26 Å². The van der Waals surface area contributed by atoms with Crippen molar-refractivity contribution in [3.63, 3.8) is 0 Å². The molecule has 0 N–H and O–H groups in total. The Hall–Kier alpha value is -2.54. The molecule has 0 aliphatic rings. The monoisotopic (exact) mass is 244 g/mol. The van der Waals surface area contributed by atoms with Crippen molar-refractivity contribution >= 4 is 21.7 Å². The van der Waals surface area contributed by atoms with Crippen molar-refractivity contribution in [3.8, 4) is 11.1 Å². The summed E-state index contributed by atoms with van der Waals surface area (Å²) in [6.45, 7) is 0. The number of fused-ring (bicyclic) bond motifs is 2. The van der Waals surface area contributed by atoms with Crippen LogP contribution in [0.25, 0.3) is 32.9 Å². The molecule has 0 saturated heterocycles. The highest BCUT2D eigenvalue weighted by Crippen LogP contribution is 2.28. The summed E-state index contributed by atoms with van der Waals surface area (Å²) in [6, 6.07) is 23.3. The zero-order valence-electron chi connectivity index (χ0n) is 10.3. The smallest absolute Gasteiger partial charge is 0.134 e.